The van der Waals surface area contributed by atoms with Crippen molar-refractivity contribution < 1.29 is 14.6 Å². The van der Waals surface area contributed by atoms with E-state index in [1.54, 1.807) is 6.07 Å². The summed E-state index contributed by atoms with van der Waals surface area (Å²) >= 11 is 5.64. The Morgan fingerprint density at radius 3 is 2.79 bits per heavy atom. The minimum absolute atomic E-state index is 0.0225. The van der Waals surface area contributed by atoms with E-state index in [2.05, 4.69) is 4.74 Å². The second-order valence-corrected chi connectivity index (χ2v) is 2.84. The van der Waals surface area contributed by atoms with Crippen LogP contribution in [0.3, 0.4) is 0 Å². The first-order chi connectivity index (χ1) is 6.60. The third kappa shape index (κ3) is 1.78. The molecule has 72 valence electrons. The molecular formula is C9H6ClNO3. The van der Waals surface area contributed by atoms with Crippen LogP contribution in [-0.4, -0.2) is 18.2 Å². The van der Waals surface area contributed by atoms with Crippen LogP contribution in [0.5, 0.6) is 5.75 Å². The van der Waals surface area contributed by atoms with Crippen molar-refractivity contribution in [3.05, 3.63) is 28.3 Å². The molecule has 1 N–H and O–H groups in total. The number of rotatable bonds is 1. The first-order valence-electron chi connectivity index (χ1n) is 3.61. The number of phenols is 1. The summed E-state index contributed by atoms with van der Waals surface area (Å²) in [5.74, 6) is -1.01. The molecule has 0 radical (unpaired) electrons. The van der Waals surface area contributed by atoms with Crippen LogP contribution in [0.25, 0.3) is 0 Å². The molecular weight excluding hydrogens is 206 g/mol. The molecule has 1 aromatic rings. The van der Waals surface area contributed by atoms with Gasteiger partial charge in [-0.15, -0.1) is 0 Å². The van der Waals surface area contributed by atoms with Crippen molar-refractivity contribution in [1.29, 1.82) is 5.26 Å². The van der Waals surface area contributed by atoms with E-state index in [0.717, 1.165) is 0 Å². The second-order valence-electron chi connectivity index (χ2n) is 2.46. The van der Waals surface area contributed by atoms with Gasteiger partial charge in [-0.3, -0.25) is 0 Å². The molecule has 0 bridgehead atoms. The summed E-state index contributed by atoms with van der Waals surface area (Å²) in [6.45, 7) is 0. The summed E-state index contributed by atoms with van der Waals surface area (Å²) in [4.78, 5) is 11.1. The van der Waals surface area contributed by atoms with Crippen molar-refractivity contribution in [2.75, 3.05) is 7.11 Å². The Bertz CT molecular complexity index is 423. The number of phenolic OH excluding ortho intramolecular Hbond substituents is 1. The van der Waals surface area contributed by atoms with Gasteiger partial charge in [0.05, 0.1) is 29.3 Å². The van der Waals surface area contributed by atoms with Crippen LogP contribution in [0.2, 0.25) is 5.02 Å². The lowest BCUT2D eigenvalue weighted by Crippen LogP contribution is -2.02. The van der Waals surface area contributed by atoms with Crippen molar-refractivity contribution in [2.45, 2.75) is 0 Å². The molecule has 0 saturated heterocycles. The Morgan fingerprint density at radius 1 is 1.64 bits per heavy atom. The monoisotopic (exact) mass is 211 g/mol. The number of carbonyl (C=O) groups is 1. The largest absolute Gasteiger partial charge is 0.506 e. The van der Waals surface area contributed by atoms with Crippen molar-refractivity contribution in [3.63, 3.8) is 0 Å². The summed E-state index contributed by atoms with van der Waals surface area (Å²) < 4.78 is 4.43. The third-order valence-electron chi connectivity index (χ3n) is 1.59. The maximum Gasteiger partial charge on any atom is 0.339 e. The minimum Gasteiger partial charge on any atom is -0.506 e. The molecule has 1 aromatic carbocycles. The number of aromatic hydroxyl groups is 1. The van der Waals surface area contributed by atoms with Crippen molar-refractivity contribution in [2.24, 2.45) is 0 Å². The van der Waals surface area contributed by atoms with E-state index in [4.69, 9.17) is 16.9 Å². The number of ether oxygens (including phenoxy) is 1. The van der Waals surface area contributed by atoms with E-state index >= 15 is 0 Å². The molecule has 0 unspecified atom stereocenters. The fraction of sp³-hybridized carbons (Fsp3) is 0.111. The van der Waals surface area contributed by atoms with Crippen LogP contribution in [0, 0.1) is 11.3 Å². The predicted octanol–water partition coefficient (Wildman–Crippen LogP) is 1.70. The van der Waals surface area contributed by atoms with Gasteiger partial charge in [0.1, 0.15) is 5.75 Å². The number of methoxy groups -OCH3 is 1. The Balaban J connectivity index is 3.36. The lowest BCUT2D eigenvalue weighted by Gasteiger charge is -2.04. The molecule has 0 aliphatic heterocycles. The van der Waals surface area contributed by atoms with Crippen LogP contribution in [0.4, 0.5) is 0 Å². The topological polar surface area (TPSA) is 70.3 Å². The van der Waals surface area contributed by atoms with E-state index in [1.807, 2.05) is 0 Å². The Kier molecular flexibility index (Phi) is 2.95. The Labute approximate surface area is 85.3 Å². The zero-order chi connectivity index (χ0) is 10.7. The summed E-state index contributed by atoms with van der Waals surface area (Å²) in [6, 6.07) is 4.22. The zero-order valence-corrected chi connectivity index (χ0v) is 8.00. The van der Waals surface area contributed by atoms with E-state index in [0.29, 0.717) is 0 Å². The number of nitrogens with zero attached hydrogens (tertiary/aromatic N) is 1. The van der Waals surface area contributed by atoms with Crippen molar-refractivity contribution >= 4 is 17.6 Å². The number of hydrogen-bond acceptors (Lipinski definition) is 4. The Morgan fingerprint density at radius 2 is 2.29 bits per heavy atom. The van der Waals surface area contributed by atoms with E-state index in [9.17, 15) is 9.90 Å². The molecule has 0 aromatic heterocycles. The standard InChI is InChI=1S/C9H6ClNO3/c1-14-9(13)6-2-5(4-11)3-7(12)8(6)10/h2-3,12H,1H3. The SMILES string of the molecule is COC(=O)c1cc(C#N)cc(O)c1Cl. The maximum atomic E-state index is 11.1. The number of nitriles is 1. The lowest BCUT2D eigenvalue weighted by molar-refractivity contribution is 0.0600. The van der Waals surface area contributed by atoms with Gasteiger partial charge >= 0.3 is 5.97 Å². The van der Waals surface area contributed by atoms with Crippen LogP contribution in [0.15, 0.2) is 12.1 Å². The average molecular weight is 212 g/mol. The predicted molar refractivity (Wildman–Crippen MR) is 49.2 cm³/mol. The highest BCUT2D eigenvalue weighted by molar-refractivity contribution is 6.35. The van der Waals surface area contributed by atoms with E-state index in [1.165, 1.54) is 19.2 Å². The molecule has 0 fully saturated rings. The number of carbonyl (C=O) groups excluding carboxylic acids is 1. The van der Waals surface area contributed by atoms with Crippen LogP contribution in [-0.2, 0) is 4.74 Å². The first kappa shape index (κ1) is 10.4. The highest BCUT2D eigenvalue weighted by atomic mass is 35.5. The van der Waals surface area contributed by atoms with Gasteiger partial charge in [0, 0.05) is 0 Å². The van der Waals surface area contributed by atoms with Gasteiger partial charge in [-0.1, -0.05) is 11.6 Å². The highest BCUT2D eigenvalue weighted by Crippen LogP contribution is 2.28. The van der Waals surface area contributed by atoms with Crippen LogP contribution in [0.1, 0.15) is 15.9 Å². The molecule has 4 nitrogen and oxygen atoms in total. The molecule has 5 heteroatoms. The van der Waals surface area contributed by atoms with Gasteiger partial charge in [0.25, 0.3) is 0 Å². The van der Waals surface area contributed by atoms with Crippen molar-refractivity contribution in [3.8, 4) is 11.8 Å². The molecule has 0 heterocycles. The number of halogens is 1. The van der Waals surface area contributed by atoms with E-state index in [-0.39, 0.29) is 21.9 Å². The molecule has 14 heavy (non-hydrogen) atoms. The van der Waals surface area contributed by atoms with E-state index < -0.39 is 5.97 Å². The number of esters is 1. The normalized spacial score (nSPS) is 9.21. The molecule has 0 spiro atoms. The quantitative estimate of drug-likeness (QED) is 0.718. The fourth-order valence-corrected chi connectivity index (χ4v) is 1.12. The zero-order valence-electron chi connectivity index (χ0n) is 7.24. The van der Waals surface area contributed by atoms with Crippen molar-refractivity contribution in [1.82, 2.24) is 0 Å². The molecule has 0 atom stereocenters. The molecule has 0 aliphatic carbocycles. The average Bonchev–Trinajstić information content (AvgIpc) is 2.20. The highest BCUT2D eigenvalue weighted by Gasteiger charge is 2.15. The second kappa shape index (κ2) is 3.99. The first-order valence-corrected chi connectivity index (χ1v) is 3.99. The lowest BCUT2D eigenvalue weighted by atomic mass is 10.1. The molecule has 0 amide bonds. The maximum absolute atomic E-state index is 11.1. The Hall–Kier alpha value is -1.73. The summed E-state index contributed by atoms with van der Waals surface area (Å²) in [5.41, 5.74) is 0.123. The molecule has 1 rings (SSSR count). The van der Waals surface area contributed by atoms with Gasteiger partial charge in [-0.2, -0.15) is 5.26 Å². The minimum atomic E-state index is -0.692. The summed E-state index contributed by atoms with van der Waals surface area (Å²) in [6.07, 6.45) is 0. The van der Waals surface area contributed by atoms with Crippen LogP contribution < -0.4 is 0 Å². The number of hydrogen-bond donors (Lipinski definition) is 1. The van der Waals surface area contributed by atoms with Gasteiger partial charge in [0.2, 0.25) is 0 Å². The van der Waals surface area contributed by atoms with Gasteiger partial charge in [0.15, 0.2) is 0 Å². The molecule has 0 saturated carbocycles. The van der Waals surface area contributed by atoms with Crippen LogP contribution >= 0.6 is 11.6 Å². The summed E-state index contributed by atoms with van der Waals surface area (Å²) in [7, 11) is 1.19. The smallest absolute Gasteiger partial charge is 0.339 e. The number of benzene rings is 1. The van der Waals surface area contributed by atoms with Gasteiger partial charge in [-0.05, 0) is 12.1 Å². The fourth-order valence-electron chi connectivity index (χ4n) is 0.932. The summed E-state index contributed by atoms with van der Waals surface area (Å²) in [5, 5.41) is 17.7. The third-order valence-corrected chi connectivity index (χ3v) is 1.99. The van der Waals surface area contributed by atoms with Gasteiger partial charge < -0.3 is 9.84 Å². The van der Waals surface area contributed by atoms with Gasteiger partial charge in [-0.25, -0.2) is 4.79 Å². The molecule has 0 aliphatic rings.